The second-order valence-corrected chi connectivity index (χ2v) is 5.30. The quantitative estimate of drug-likeness (QED) is 0.855. The Hall–Kier alpha value is -1.84. The van der Waals surface area contributed by atoms with Crippen LogP contribution in [0.3, 0.4) is 0 Å². The Morgan fingerprint density at radius 1 is 1.14 bits per heavy atom. The van der Waals surface area contributed by atoms with Crippen molar-refractivity contribution in [3.8, 4) is 5.75 Å². The lowest BCUT2D eigenvalue weighted by Gasteiger charge is -2.20. The van der Waals surface area contributed by atoms with Crippen LogP contribution < -0.4 is 10.1 Å². The molecule has 0 saturated carbocycles. The van der Waals surface area contributed by atoms with Crippen LogP contribution in [-0.4, -0.2) is 18.8 Å². The summed E-state index contributed by atoms with van der Waals surface area (Å²) in [6, 6.07) is 16.0. The van der Waals surface area contributed by atoms with E-state index in [0.717, 1.165) is 16.9 Å². The van der Waals surface area contributed by atoms with E-state index in [9.17, 15) is 5.11 Å². The molecule has 0 heterocycles. The number of methoxy groups -OCH3 is 1. The monoisotopic (exact) mass is 285 g/mol. The molecule has 2 rings (SSSR count). The standard InChI is InChI=1S/C18H23NO2/c1-13-9-10-16(18(11-13)21-3)14(2)19-12-17(20)15-7-5-4-6-8-15/h4-11,14,17,19-20H,12H2,1-3H3. The Balaban J connectivity index is 2.00. The highest BCUT2D eigenvalue weighted by molar-refractivity contribution is 5.39. The van der Waals surface area contributed by atoms with Crippen LogP contribution in [0.2, 0.25) is 0 Å². The highest BCUT2D eigenvalue weighted by atomic mass is 16.5. The van der Waals surface area contributed by atoms with E-state index in [1.807, 2.05) is 43.3 Å². The molecular weight excluding hydrogens is 262 g/mol. The first kappa shape index (κ1) is 15.5. The topological polar surface area (TPSA) is 41.5 Å². The third-order valence-electron chi connectivity index (χ3n) is 3.66. The molecular formula is C18H23NO2. The van der Waals surface area contributed by atoms with Crippen LogP contribution >= 0.6 is 0 Å². The highest BCUT2D eigenvalue weighted by Gasteiger charge is 2.13. The van der Waals surface area contributed by atoms with Crippen molar-refractivity contribution in [2.45, 2.75) is 26.0 Å². The Kier molecular flexibility index (Phi) is 5.37. The zero-order valence-electron chi connectivity index (χ0n) is 12.8. The molecule has 0 fully saturated rings. The number of ether oxygens (including phenoxy) is 1. The van der Waals surface area contributed by atoms with Crippen LogP contribution in [0.1, 0.15) is 35.8 Å². The Bertz CT molecular complexity index is 569. The van der Waals surface area contributed by atoms with Gasteiger partial charge in [-0.1, -0.05) is 42.5 Å². The zero-order valence-corrected chi connectivity index (χ0v) is 12.8. The van der Waals surface area contributed by atoms with Crippen molar-refractivity contribution in [1.29, 1.82) is 0 Å². The molecule has 0 bridgehead atoms. The molecule has 0 aliphatic heterocycles. The first-order valence-electron chi connectivity index (χ1n) is 7.22. The smallest absolute Gasteiger partial charge is 0.123 e. The summed E-state index contributed by atoms with van der Waals surface area (Å²) in [5.74, 6) is 0.879. The third kappa shape index (κ3) is 4.06. The number of benzene rings is 2. The van der Waals surface area contributed by atoms with Crippen molar-refractivity contribution in [2.75, 3.05) is 13.7 Å². The molecule has 112 valence electrons. The highest BCUT2D eigenvalue weighted by Crippen LogP contribution is 2.26. The first-order chi connectivity index (χ1) is 10.1. The van der Waals surface area contributed by atoms with Gasteiger partial charge in [-0.2, -0.15) is 0 Å². The van der Waals surface area contributed by atoms with E-state index < -0.39 is 6.10 Å². The minimum Gasteiger partial charge on any atom is -0.496 e. The molecule has 0 saturated heterocycles. The fourth-order valence-electron chi connectivity index (χ4n) is 2.37. The molecule has 3 nitrogen and oxygen atoms in total. The van der Waals surface area contributed by atoms with E-state index in [0.29, 0.717) is 6.54 Å². The van der Waals surface area contributed by atoms with E-state index >= 15 is 0 Å². The van der Waals surface area contributed by atoms with Crippen LogP contribution in [0.4, 0.5) is 0 Å². The average molecular weight is 285 g/mol. The van der Waals surface area contributed by atoms with Gasteiger partial charge in [0.25, 0.3) is 0 Å². The van der Waals surface area contributed by atoms with Crippen LogP contribution in [0.25, 0.3) is 0 Å². The lowest BCUT2D eigenvalue weighted by Crippen LogP contribution is -2.25. The van der Waals surface area contributed by atoms with Gasteiger partial charge in [0.05, 0.1) is 13.2 Å². The van der Waals surface area contributed by atoms with Gasteiger partial charge in [-0.3, -0.25) is 0 Å². The summed E-state index contributed by atoms with van der Waals surface area (Å²) < 4.78 is 5.44. The van der Waals surface area contributed by atoms with Crippen LogP contribution in [-0.2, 0) is 0 Å². The van der Waals surface area contributed by atoms with Gasteiger partial charge >= 0.3 is 0 Å². The van der Waals surface area contributed by atoms with Crippen LogP contribution in [0, 0.1) is 6.92 Å². The first-order valence-corrected chi connectivity index (χ1v) is 7.22. The maximum atomic E-state index is 10.2. The van der Waals surface area contributed by atoms with E-state index in [-0.39, 0.29) is 6.04 Å². The number of aryl methyl sites for hydroxylation is 1. The number of aliphatic hydroxyl groups excluding tert-OH is 1. The number of rotatable bonds is 6. The van der Waals surface area contributed by atoms with E-state index in [4.69, 9.17) is 4.74 Å². The minimum absolute atomic E-state index is 0.110. The van der Waals surface area contributed by atoms with Gasteiger partial charge in [0.2, 0.25) is 0 Å². The second-order valence-electron chi connectivity index (χ2n) is 5.30. The molecule has 3 heteroatoms. The van der Waals surface area contributed by atoms with Crippen LogP contribution in [0.15, 0.2) is 48.5 Å². The predicted molar refractivity (Wildman–Crippen MR) is 85.6 cm³/mol. The molecule has 2 aromatic rings. The number of aliphatic hydroxyl groups is 1. The predicted octanol–water partition coefficient (Wildman–Crippen LogP) is 3.39. The lowest BCUT2D eigenvalue weighted by atomic mass is 10.0. The summed E-state index contributed by atoms with van der Waals surface area (Å²) in [5.41, 5.74) is 3.20. The molecule has 2 atom stereocenters. The summed E-state index contributed by atoms with van der Waals surface area (Å²) in [6.07, 6.45) is -0.509. The van der Waals surface area contributed by atoms with Gasteiger partial charge in [-0.05, 0) is 31.0 Å². The maximum absolute atomic E-state index is 10.2. The Morgan fingerprint density at radius 3 is 2.52 bits per heavy atom. The summed E-state index contributed by atoms with van der Waals surface area (Å²) in [5, 5.41) is 13.6. The molecule has 0 aliphatic carbocycles. The lowest BCUT2D eigenvalue weighted by molar-refractivity contribution is 0.170. The van der Waals surface area contributed by atoms with Crippen molar-refractivity contribution >= 4 is 0 Å². The van der Waals surface area contributed by atoms with Crippen molar-refractivity contribution in [3.63, 3.8) is 0 Å². The molecule has 2 aromatic carbocycles. The molecule has 0 amide bonds. The average Bonchev–Trinajstić information content (AvgIpc) is 2.52. The fraction of sp³-hybridized carbons (Fsp3) is 0.333. The van der Waals surface area contributed by atoms with Crippen molar-refractivity contribution < 1.29 is 9.84 Å². The number of hydrogen-bond acceptors (Lipinski definition) is 3. The number of hydrogen-bond donors (Lipinski definition) is 2. The maximum Gasteiger partial charge on any atom is 0.123 e. The van der Waals surface area contributed by atoms with Gasteiger partial charge in [0.15, 0.2) is 0 Å². The van der Waals surface area contributed by atoms with Gasteiger partial charge in [-0.15, -0.1) is 0 Å². The number of nitrogens with one attached hydrogen (secondary N) is 1. The summed E-state index contributed by atoms with van der Waals surface area (Å²) >= 11 is 0. The molecule has 21 heavy (non-hydrogen) atoms. The Morgan fingerprint density at radius 2 is 1.86 bits per heavy atom. The van der Waals surface area contributed by atoms with Crippen molar-refractivity contribution in [1.82, 2.24) is 5.32 Å². The van der Waals surface area contributed by atoms with Gasteiger partial charge < -0.3 is 15.2 Å². The normalized spacial score (nSPS) is 13.7. The minimum atomic E-state index is -0.509. The SMILES string of the molecule is COc1cc(C)ccc1C(C)NCC(O)c1ccccc1. The third-order valence-corrected chi connectivity index (χ3v) is 3.66. The van der Waals surface area contributed by atoms with Gasteiger partial charge in [-0.25, -0.2) is 0 Å². The van der Waals surface area contributed by atoms with Crippen LogP contribution in [0.5, 0.6) is 5.75 Å². The van der Waals surface area contributed by atoms with Crippen molar-refractivity contribution in [3.05, 3.63) is 65.2 Å². The molecule has 0 aromatic heterocycles. The summed E-state index contributed by atoms with van der Waals surface area (Å²) in [7, 11) is 1.68. The molecule has 0 spiro atoms. The summed E-state index contributed by atoms with van der Waals surface area (Å²) in [6.45, 7) is 4.62. The van der Waals surface area contributed by atoms with E-state index in [1.165, 1.54) is 5.56 Å². The zero-order chi connectivity index (χ0) is 15.2. The van der Waals surface area contributed by atoms with Gasteiger partial charge in [0.1, 0.15) is 5.75 Å². The molecule has 0 aliphatic rings. The largest absolute Gasteiger partial charge is 0.496 e. The summed E-state index contributed by atoms with van der Waals surface area (Å²) in [4.78, 5) is 0. The van der Waals surface area contributed by atoms with E-state index in [1.54, 1.807) is 7.11 Å². The molecule has 0 radical (unpaired) electrons. The molecule has 2 N–H and O–H groups in total. The second kappa shape index (κ2) is 7.25. The van der Waals surface area contributed by atoms with Crippen molar-refractivity contribution in [2.24, 2.45) is 0 Å². The van der Waals surface area contributed by atoms with Gasteiger partial charge in [0, 0.05) is 18.2 Å². The van der Waals surface area contributed by atoms with E-state index in [2.05, 4.69) is 24.4 Å². The fourth-order valence-corrected chi connectivity index (χ4v) is 2.37. The molecule has 2 unspecified atom stereocenters. The Labute approximate surface area is 126 Å².